The van der Waals surface area contributed by atoms with Crippen molar-refractivity contribution < 1.29 is 27.9 Å². The number of hydrogen-bond acceptors (Lipinski definition) is 6. The summed E-state index contributed by atoms with van der Waals surface area (Å²) >= 11 is 0. The summed E-state index contributed by atoms with van der Waals surface area (Å²) < 4.78 is 28.0. The Hall–Kier alpha value is -3.74. The minimum absolute atomic E-state index is 0.136. The zero-order chi connectivity index (χ0) is 20.1. The number of rotatable bonds is 5. The average molecular weight is 382 g/mol. The van der Waals surface area contributed by atoms with Crippen molar-refractivity contribution in [3.05, 3.63) is 82.0 Å². The predicted octanol–water partition coefficient (Wildman–Crippen LogP) is 3.73. The van der Waals surface area contributed by atoms with Crippen LogP contribution in [0.25, 0.3) is 17.0 Å². The quantitative estimate of drug-likeness (QED) is 0.289. The van der Waals surface area contributed by atoms with Crippen LogP contribution in [0.3, 0.4) is 0 Å². The molecule has 1 aromatic heterocycles. The van der Waals surface area contributed by atoms with Gasteiger partial charge in [0.05, 0.1) is 6.61 Å². The summed E-state index contributed by atoms with van der Waals surface area (Å²) in [4.78, 5) is 35.6. The number of carbonyl (C=O) groups is 2. The fourth-order valence-corrected chi connectivity index (χ4v) is 2.39. The maximum atomic E-state index is 12.9. The Morgan fingerprint density at radius 1 is 1.11 bits per heavy atom. The van der Waals surface area contributed by atoms with Crippen LogP contribution in [0.4, 0.5) is 4.39 Å². The van der Waals surface area contributed by atoms with E-state index in [0.29, 0.717) is 10.9 Å². The summed E-state index contributed by atoms with van der Waals surface area (Å²) in [5.74, 6) is -1.63. The minimum atomic E-state index is -0.842. The van der Waals surface area contributed by atoms with Crippen LogP contribution < -0.4 is 10.4 Å². The average Bonchev–Trinajstić information content (AvgIpc) is 2.67. The smallest absolute Gasteiger partial charge is 0.351 e. The van der Waals surface area contributed by atoms with E-state index >= 15 is 0 Å². The number of carbonyl (C=O) groups excluding carboxylic acids is 2. The third kappa shape index (κ3) is 4.50. The van der Waals surface area contributed by atoms with Gasteiger partial charge >= 0.3 is 17.6 Å². The Bertz CT molecular complexity index is 1110. The molecule has 0 amide bonds. The molecule has 0 saturated heterocycles. The van der Waals surface area contributed by atoms with Crippen LogP contribution in [0.2, 0.25) is 0 Å². The minimum Gasteiger partial charge on any atom is -0.462 e. The molecule has 0 aliphatic rings. The van der Waals surface area contributed by atoms with E-state index in [-0.39, 0.29) is 29.3 Å². The van der Waals surface area contributed by atoms with Gasteiger partial charge in [-0.3, -0.25) is 0 Å². The van der Waals surface area contributed by atoms with Gasteiger partial charge in [-0.15, -0.1) is 0 Å². The van der Waals surface area contributed by atoms with Crippen molar-refractivity contribution >= 4 is 29.0 Å². The van der Waals surface area contributed by atoms with Crippen molar-refractivity contribution in [3.8, 4) is 5.75 Å². The number of fused-ring (bicyclic) bond motifs is 1. The lowest BCUT2D eigenvalue weighted by Crippen LogP contribution is -2.16. The van der Waals surface area contributed by atoms with E-state index in [1.165, 1.54) is 54.6 Å². The van der Waals surface area contributed by atoms with E-state index in [1.54, 1.807) is 13.0 Å². The number of halogens is 1. The molecule has 1 heterocycles. The molecule has 7 heteroatoms. The molecular weight excluding hydrogens is 367 g/mol. The van der Waals surface area contributed by atoms with Gasteiger partial charge in [-0.1, -0.05) is 12.1 Å². The van der Waals surface area contributed by atoms with Gasteiger partial charge < -0.3 is 13.9 Å². The molecule has 0 bridgehead atoms. The topological polar surface area (TPSA) is 82.8 Å². The van der Waals surface area contributed by atoms with Gasteiger partial charge in [0.1, 0.15) is 22.7 Å². The lowest BCUT2D eigenvalue weighted by Gasteiger charge is -2.05. The van der Waals surface area contributed by atoms with Crippen molar-refractivity contribution in [2.75, 3.05) is 6.61 Å². The van der Waals surface area contributed by atoms with E-state index in [4.69, 9.17) is 13.9 Å². The third-order valence-corrected chi connectivity index (χ3v) is 3.70. The number of benzene rings is 2. The fourth-order valence-electron chi connectivity index (χ4n) is 2.39. The molecule has 0 atom stereocenters. The number of ether oxygens (including phenoxy) is 2. The maximum Gasteiger partial charge on any atom is 0.351 e. The first kappa shape index (κ1) is 19.0. The zero-order valence-electron chi connectivity index (χ0n) is 14.8. The van der Waals surface area contributed by atoms with Crippen LogP contribution in [0.15, 0.2) is 63.8 Å². The van der Waals surface area contributed by atoms with E-state index in [2.05, 4.69) is 0 Å². The molecule has 0 unspecified atom stereocenters. The molecule has 0 aliphatic heterocycles. The molecule has 0 aliphatic carbocycles. The van der Waals surface area contributed by atoms with E-state index in [1.807, 2.05) is 0 Å². The second-order valence-corrected chi connectivity index (χ2v) is 5.67. The Labute approximate surface area is 158 Å². The van der Waals surface area contributed by atoms with E-state index in [9.17, 15) is 18.8 Å². The molecule has 0 N–H and O–H groups in total. The lowest BCUT2D eigenvalue weighted by molar-refractivity contribution is -0.128. The SMILES string of the molecule is CCOC(=O)c1cc2ccc(OC(=O)/C=C/c3ccc(F)cc3)cc2oc1=O. The molecule has 3 aromatic rings. The fraction of sp³-hybridized carbons (Fsp3) is 0.0952. The molecule has 142 valence electrons. The number of hydrogen-bond donors (Lipinski definition) is 0. The molecule has 0 fully saturated rings. The van der Waals surface area contributed by atoms with E-state index < -0.39 is 17.6 Å². The van der Waals surface area contributed by atoms with Crippen molar-refractivity contribution in [1.82, 2.24) is 0 Å². The highest BCUT2D eigenvalue weighted by Gasteiger charge is 2.15. The van der Waals surface area contributed by atoms with Crippen molar-refractivity contribution in [3.63, 3.8) is 0 Å². The van der Waals surface area contributed by atoms with Crippen molar-refractivity contribution in [2.24, 2.45) is 0 Å². The van der Waals surface area contributed by atoms with Crippen molar-refractivity contribution in [2.45, 2.75) is 6.92 Å². The molecule has 0 saturated carbocycles. The summed E-state index contributed by atoms with van der Waals surface area (Å²) in [6.45, 7) is 1.77. The molecule has 3 rings (SSSR count). The molecule has 28 heavy (non-hydrogen) atoms. The highest BCUT2D eigenvalue weighted by atomic mass is 19.1. The van der Waals surface area contributed by atoms with Gasteiger partial charge in [-0.2, -0.15) is 0 Å². The first-order valence-electron chi connectivity index (χ1n) is 8.37. The Morgan fingerprint density at radius 2 is 1.86 bits per heavy atom. The van der Waals surface area contributed by atoms with Crippen LogP contribution in [-0.4, -0.2) is 18.5 Å². The highest BCUT2D eigenvalue weighted by molar-refractivity contribution is 5.93. The first-order chi connectivity index (χ1) is 13.5. The zero-order valence-corrected chi connectivity index (χ0v) is 14.8. The molecule has 2 aromatic carbocycles. The Balaban J connectivity index is 1.77. The van der Waals surface area contributed by atoms with Gasteiger partial charge in [0, 0.05) is 17.5 Å². The van der Waals surface area contributed by atoms with Gasteiger partial charge in [-0.25, -0.2) is 18.8 Å². The normalized spacial score (nSPS) is 10.9. The van der Waals surface area contributed by atoms with Crippen LogP contribution in [0.1, 0.15) is 22.8 Å². The highest BCUT2D eigenvalue weighted by Crippen LogP contribution is 2.21. The van der Waals surface area contributed by atoms with Crippen LogP contribution in [-0.2, 0) is 9.53 Å². The predicted molar refractivity (Wildman–Crippen MR) is 99.5 cm³/mol. The summed E-state index contributed by atoms with van der Waals surface area (Å²) in [7, 11) is 0. The molecule has 0 radical (unpaired) electrons. The second kappa shape index (κ2) is 8.30. The van der Waals surface area contributed by atoms with Crippen molar-refractivity contribution in [1.29, 1.82) is 0 Å². The number of esters is 2. The summed E-state index contributed by atoms with van der Waals surface area (Å²) in [6.07, 6.45) is 2.67. The second-order valence-electron chi connectivity index (χ2n) is 5.67. The largest absolute Gasteiger partial charge is 0.462 e. The summed E-state index contributed by atoms with van der Waals surface area (Å²) in [6, 6.07) is 11.4. The maximum absolute atomic E-state index is 12.9. The molecule has 6 nitrogen and oxygen atoms in total. The first-order valence-corrected chi connectivity index (χ1v) is 8.37. The lowest BCUT2D eigenvalue weighted by atomic mass is 10.2. The van der Waals surface area contributed by atoms with Crippen LogP contribution in [0.5, 0.6) is 5.75 Å². The summed E-state index contributed by atoms with van der Waals surface area (Å²) in [5, 5.41) is 0.476. The van der Waals surface area contributed by atoms with Gasteiger partial charge in [0.25, 0.3) is 0 Å². The molecule has 0 spiro atoms. The monoisotopic (exact) mass is 382 g/mol. The van der Waals surface area contributed by atoms with Crippen LogP contribution >= 0.6 is 0 Å². The standard InChI is InChI=1S/C21H15FO6/c1-2-26-20(24)17-11-14-6-9-16(12-18(14)28-21(17)25)27-19(23)10-5-13-3-7-15(22)8-4-13/h3-12H,2H2,1H3/b10-5+. The van der Waals surface area contributed by atoms with E-state index in [0.717, 1.165) is 0 Å². The van der Waals surface area contributed by atoms with Gasteiger partial charge in [0.2, 0.25) is 0 Å². The molecular formula is C21H15FO6. The Kier molecular flexibility index (Phi) is 5.64. The third-order valence-electron chi connectivity index (χ3n) is 3.70. The van der Waals surface area contributed by atoms with Crippen LogP contribution in [0, 0.1) is 5.82 Å². The Morgan fingerprint density at radius 3 is 2.57 bits per heavy atom. The summed E-state index contributed by atoms with van der Waals surface area (Å²) in [5.41, 5.74) is -0.257. The van der Waals surface area contributed by atoms with Gasteiger partial charge in [0.15, 0.2) is 0 Å². The van der Waals surface area contributed by atoms with Gasteiger partial charge in [-0.05, 0) is 48.9 Å².